The number of para-hydroxylation sites is 1. The largest absolute Gasteiger partial charge is 0.481 e. The van der Waals surface area contributed by atoms with Gasteiger partial charge in [-0.1, -0.05) is 25.1 Å². The molecule has 6 heteroatoms. The summed E-state index contributed by atoms with van der Waals surface area (Å²) in [5, 5.41) is 15.7. The number of hydrogen-bond acceptors (Lipinski definition) is 3. The summed E-state index contributed by atoms with van der Waals surface area (Å²) in [5.41, 5.74) is 2.12. The van der Waals surface area contributed by atoms with E-state index in [0.29, 0.717) is 12.1 Å². The van der Waals surface area contributed by atoms with Crippen LogP contribution in [0.1, 0.15) is 29.4 Å². The fourth-order valence-corrected chi connectivity index (χ4v) is 2.19. The van der Waals surface area contributed by atoms with Gasteiger partial charge in [0.2, 0.25) is 0 Å². The van der Waals surface area contributed by atoms with E-state index in [0.717, 1.165) is 11.4 Å². The van der Waals surface area contributed by atoms with Crippen LogP contribution >= 0.6 is 0 Å². The van der Waals surface area contributed by atoms with Crippen LogP contribution in [0.25, 0.3) is 5.69 Å². The lowest BCUT2D eigenvalue weighted by molar-refractivity contribution is -0.137. The Bertz CT molecular complexity index is 665. The molecule has 116 valence electrons. The first kappa shape index (κ1) is 15.8. The number of nitrogens with one attached hydrogen (secondary N) is 1. The molecule has 1 aromatic carbocycles. The molecule has 2 aromatic rings. The van der Waals surface area contributed by atoms with Crippen LogP contribution in [-0.4, -0.2) is 33.3 Å². The van der Waals surface area contributed by atoms with Crippen molar-refractivity contribution in [3.63, 3.8) is 0 Å². The fourth-order valence-electron chi connectivity index (χ4n) is 2.19. The summed E-state index contributed by atoms with van der Waals surface area (Å²) in [7, 11) is 0. The standard InChI is InChI=1S/C16H19N3O3/c1-11(8-15(20)21)9-17-16(22)14-10-18-19(12(14)2)13-6-4-3-5-7-13/h3-7,10-11H,8-9H2,1-2H3,(H,17,22)(H,20,21). The van der Waals surface area contributed by atoms with E-state index >= 15 is 0 Å². The van der Waals surface area contributed by atoms with Gasteiger partial charge in [0.05, 0.1) is 23.1 Å². The van der Waals surface area contributed by atoms with Crippen LogP contribution in [-0.2, 0) is 4.79 Å². The molecule has 1 unspecified atom stereocenters. The minimum Gasteiger partial charge on any atom is -0.481 e. The zero-order chi connectivity index (χ0) is 16.1. The van der Waals surface area contributed by atoms with Gasteiger partial charge in [-0.25, -0.2) is 4.68 Å². The molecule has 0 spiro atoms. The van der Waals surface area contributed by atoms with Gasteiger partial charge in [0.15, 0.2) is 0 Å². The molecule has 2 rings (SSSR count). The number of hydrogen-bond donors (Lipinski definition) is 2. The van der Waals surface area contributed by atoms with Gasteiger partial charge in [-0.05, 0) is 25.0 Å². The average molecular weight is 301 g/mol. The van der Waals surface area contributed by atoms with Gasteiger partial charge in [0, 0.05) is 13.0 Å². The molecule has 0 saturated heterocycles. The summed E-state index contributed by atoms with van der Waals surface area (Å²) in [6.07, 6.45) is 1.56. The summed E-state index contributed by atoms with van der Waals surface area (Å²) >= 11 is 0. The van der Waals surface area contributed by atoms with Crippen LogP contribution in [0.15, 0.2) is 36.5 Å². The van der Waals surface area contributed by atoms with Crippen LogP contribution < -0.4 is 5.32 Å². The van der Waals surface area contributed by atoms with E-state index in [-0.39, 0.29) is 18.2 Å². The Morgan fingerprint density at radius 1 is 1.32 bits per heavy atom. The Labute approximate surface area is 128 Å². The van der Waals surface area contributed by atoms with E-state index in [1.165, 1.54) is 6.20 Å². The molecule has 0 bridgehead atoms. The summed E-state index contributed by atoms with van der Waals surface area (Å²) in [5.74, 6) is -1.22. The molecule has 6 nitrogen and oxygen atoms in total. The normalized spacial score (nSPS) is 11.9. The second-order valence-electron chi connectivity index (χ2n) is 5.30. The van der Waals surface area contributed by atoms with Gasteiger partial charge in [-0.15, -0.1) is 0 Å². The number of amides is 1. The molecule has 1 atom stereocenters. The first-order valence-corrected chi connectivity index (χ1v) is 7.09. The van der Waals surface area contributed by atoms with Crippen LogP contribution in [0.5, 0.6) is 0 Å². The van der Waals surface area contributed by atoms with Gasteiger partial charge in [0.1, 0.15) is 0 Å². The van der Waals surface area contributed by atoms with Crippen molar-refractivity contribution in [3.8, 4) is 5.69 Å². The predicted molar refractivity (Wildman–Crippen MR) is 82.1 cm³/mol. The Morgan fingerprint density at radius 3 is 2.64 bits per heavy atom. The van der Waals surface area contributed by atoms with Crippen molar-refractivity contribution >= 4 is 11.9 Å². The van der Waals surface area contributed by atoms with E-state index in [4.69, 9.17) is 5.11 Å². The van der Waals surface area contributed by atoms with Crippen molar-refractivity contribution in [1.82, 2.24) is 15.1 Å². The highest BCUT2D eigenvalue weighted by Gasteiger charge is 2.16. The van der Waals surface area contributed by atoms with Crippen molar-refractivity contribution < 1.29 is 14.7 Å². The fraction of sp³-hybridized carbons (Fsp3) is 0.312. The first-order chi connectivity index (χ1) is 10.5. The van der Waals surface area contributed by atoms with Crippen molar-refractivity contribution in [2.24, 2.45) is 5.92 Å². The highest BCUT2D eigenvalue weighted by molar-refractivity contribution is 5.95. The predicted octanol–water partition coefficient (Wildman–Crippen LogP) is 2.02. The number of nitrogens with zero attached hydrogens (tertiary/aromatic N) is 2. The minimum absolute atomic E-state index is 0.0303. The lowest BCUT2D eigenvalue weighted by Gasteiger charge is -2.10. The molecule has 22 heavy (non-hydrogen) atoms. The van der Waals surface area contributed by atoms with Crippen molar-refractivity contribution in [1.29, 1.82) is 0 Å². The molecular formula is C16H19N3O3. The van der Waals surface area contributed by atoms with Gasteiger partial charge >= 0.3 is 5.97 Å². The number of aromatic nitrogens is 2. The zero-order valence-electron chi connectivity index (χ0n) is 12.6. The Hall–Kier alpha value is -2.63. The number of carboxylic acid groups (broad SMARTS) is 1. The maximum absolute atomic E-state index is 12.2. The second-order valence-corrected chi connectivity index (χ2v) is 5.30. The number of carbonyl (C=O) groups is 2. The van der Waals surface area contributed by atoms with Gasteiger partial charge in [0.25, 0.3) is 5.91 Å². The SMILES string of the molecule is Cc1c(C(=O)NCC(C)CC(=O)O)cnn1-c1ccccc1. The Balaban J connectivity index is 2.06. The first-order valence-electron chi connectivity index (χ1n) is 7.09. The molecular weight excluding hydrogens is 282 g/mol. The third-order valence-corrected chi connectivity index (χ3v) is 3.39. The number of aliphatic carboxylic acids is 1. The van der Waals surface area contributed by atoms with Gasteiger partial charge in [-0.2, -0.15) is 5.10 Å². The average Bonchev–Trinajstić information content (AvgIpc) is 2.87. The molecule has 0 fully saturated rings. The number of carbonyl (C=O) groups excluding carboxylic acids is 1. The molecule has 1 aromatic heterocycles. The van der Waals surface area contributed by atoms with E-state index in [1.54, 1.807) is 11.6 Å². The lowest BCUT2D eigenvalue weighted by atomic mass is 10.1. The molecule has 1 heterocycles. The lowest BCUT2D eigenvalue weighted by Crippen LogP contribution is -2.29. The summed E-state index contributed by atoms with van der Waals surface area (Å²) < 4.78 is 1.70. The van der Waals surface area contributed by atoms with Gasteiger partial charge < -0.3 is 10.4 Å². The molecule has 0 aliphatic rings. The van der Waals surface area contributed by atoms with E-state index in [1.807, 2.05) is 37.3 Å². The topological polar surface area (TPSA) is 84.2 Å². The highest BCUT2D eigenvalue weighted by atomic mass is 16.4. The van der Waals surface area contributed by atoms with E-state index in [9.17, 15) is 9.59 Å². The quantitative estimate of drug-likeness (QED) is 0.855. The smallest absolute Gasteiger partial charge is 0.303 e. The van der Waals surface area contributed by atoms with Crippen LogP contribution in [0.4, 0.5) is 0 Å². The molecule has 0 aliphatic heterocycles. The van der Waals surface area contributed by atoms with Crippen molar-refractivity contribution in [3.05, 3.63) is 47.8 Å². The maximum atomic E-state index is 12.2. The third-order valence-electron chi connectivity index (χ3n) is 3.39. The summed E-state index contributed by atoms with van der Waals surface area (Å²) in [4.78, 5) is 22.8. The van der Waals surface area contributed by atoms with Crippen LogP contribution in [0.2, 0.25) is 0 Å². The third kappa shape index (κ3) is 3.72. The molecule has 0 aliphatic carbocycles. The van der Waals surface area contributed by atoms with E-state index in [2.05, 4.69) is 10.4 Å². The van der Waals surface area contributed by atoms with Crippen LogP contribution in [0.3, 0.4) is 0 Å². The van der Waals surface area contributed by atoms with Crippen LogP contribution in [0, 0.1) is 12.8 Å². The zero-order valence-corrected chi connectivity index (χ0v) is 12.6. The number of rotatable bonds is 6. The highest BCUT2D eigenvalue weighted by Crippen LogP contribution is 2.14. The minimum atomic E-state index is -0.866. The second kappa shape index (κ2) is 6.89. The Morgan fingerprint density at radius 2 is 2.00 bits per heavy atom. The molecule has 2 N–H and O–H groups in total. The molecule has 1 amide bonds. The number of carboxylic acids is 1. The molecule has 0 saturated carbocycles. The molecule has 0 radical (unpaired) electrons. The van der Waals surface area contributed by atoms with Crippen molar-refractivity contribution in [2.45, 2.75) is 20.3 Å². The Kier molecular flexibility index (Phi) is 4.93. The maximum Gasteiger partial charge on any atom is 0.303 e. The monoisotopic (exact) mass is 301 g/mol. The van der Waals surface area contributed by atoms with Crippen molar-refractivity contribution in [2.75, 3.05) is 6.54 Å². The van der Waals surface area contributed by atoms with E-state index < -0.39 is 5.97 Å². The summed E-state index contributed by atoms with van der Waals surface area (Å²) in [6, 6.07) is 9.56. The summed E-state index contributed by atoms with van der Waals surface area (Å²) in [6.45, 7) is 3.94. The number of benzene rings is 1. The van der Waals surface area contributed by atoms with Gasteiger partial charge in [-0.3, -0.25) is 9.59 Å².